The van der Waals surface area contributed by atoms with Crippen LogP contribution in [0.3, 0.4) is 0 Å². The second kappa shape index (κ2) is 5.48. The van der Waals surface area contributed by atoms with Gasteiger partial charge >= 0.3 is 0 Å². The lowest BCUT2D eigenvalue weighted by Crippen LogP contribution is -2.20. The monoisotopic (exact) mass is 221 g/mol. The number of hydrogen-bond acceptors (Lipinski definition) is 2. The molecule has 3 heteroatoms. The van der Waals surface area contributed by atoms with Crippen molar-refractivity contribution in [2.45, 2.75) is 58.7 Å². The van der Waals surface area contributed by atoms with Crippen LogP contribution in [0, 0.1) is 5.92 Å². The molecule has 1 aromatic rings. The van der Waals surface area contributed by atoms with Gasteiger partial charge in [0.25, 0.3) is 0 Å². The lowest BCUT2D eigenvalue weighted by atomic mass is 10.2. The molecule has 1 aliphatic rings. The first kappa shape index (κ1) is 11.6. The van der Waals surface area contributed by atoms with E-state index >= 15 is 0 Å². The first-order valence-corrected chi connectivity index (χ1v) is 6.59. The van der Waals surface area contributed by atoms with Crippen molar-refractivity contribution in [2.75, 3.05) is 0 Å². The van der Waals surface area contributed by atoms with Gasteiger partial charge in [0.1, 0.15) is 0 Å². The second-order valence-corrected chi connectivity index (χ2v) is 4.82. The van der Waals surface area contributed by atoms with Gasteiger partial charge in [0.2, 0.25) is 0 Å². The largest absolute Gasteiger partial charge is 0.308 e. The van der Waals surface area contributed by atoms with Crippen LogP contribution in [0.4, 0.5) is 0 Å². The Balaban J connectivity index is 1.75. The minimum atomic E-state index is 0.768. The molecule has 2 atom stereocenters. The molecule has 16 heavy (non-hydrogen) atoms. The van der Waals surface area contributed by atoms with E-state index in [0.717, 1.165) is 31.5 Å². The first-order chi connectivity index (χ1) is 7.85. The van der Waals surface area contributed by atoms with Crippen LogP contribution in [0.15, 0.2) is 12.3 Å². The van der Waals surface area contributed by atoms with Crippen LogP contribution in [0.5, 0.6) is 0 Å². The van der Waals surface area contributed by atoms with E-state index in [1.807, 2.05) is 6.20 Å². The summed E-state index contributed by atoms with van der Waals surface area (Å²) in [6, 6.07) is 2.89. The number of rotatable bonds is 7. The Labute approximate surface area is 98.2 Å². The average Bonchev–Trinajstić information content (AvgIpc) is 2.86. The fourth-order valence-electron chi connectivity index (χ4n) is 2.35. The third kappa shape index (κ3) is 2.85. The highest BCUT2D eigenvalue weighted by molar-refractivity contribution is 5.02. The van der Waals surface area contributed by atoms with E-state index in [1.165, 1.54) is 25.0 Å². The molecular weight excluding hydrogens is 198 g/mol. The standard InChI is InChI=1S/C13H23N3/c1-3-5-11-9-13(11)14-10-12-6-7-15-16(12)8-4-2/h6-7,11,13-14H,3-5,8-10H2,1-2H3. The molecule has 0 aliphatic heterocycles. The molecule has 1 aliphatic carbocycles. The fourth-order valence-corrected chi connectivity index (χ4v) is 2.35. The molecule has 2 rings (SSSR count). The molecular formula is C13H23N3. The number of nitrogens with zero attached hydrogens (tertiary/aromatic N) is 2. The van der Waals surface area contributed by atoms with Crippen molar-refractivity contribution in [1.82, 2.24) is 15.1 Å². The molecule has 0 saturated heterocycles. The van der Waals surface area contributed by atoms with Crippen LogP contribution in [0.2, 0.25) is 0 Å². The normalized spacial score (nSPS) is 23.6. The first-order valence-electron chi connectivity index (χ1n) is 6.59. The topological polar surface area (TPSA) is 29.9 Å². The number of aromatic nitrogens is 2. The Morgan fingerprint density at radius 1 is 1.44 bits per heavy atom. The maximum atomic E-state index is 4.34. The highest BCUT2D eigenvalue weighted by Crippen LogP contribution is 2.34. The van der Waals surface area contributed by atoms with Crippen molar-refractivity contribution in [3.8, 4) is 0 Å². The van der Waals surface area contributed by atoms with Crippen molar-refractivity contribution < 1.29 is 0 Å². The van der Waals surface area contributed by atoms with Gasteiger partial charge in [-0.3, -0.25) is 4.68 Å². The van der Waals surface area contributed by atoms with E-state index in [2.05, 4.69) is 35.0 Å². The Bertz CT molecular complexity index is 319. The summed E-state index contributed by atoms with van der Waals surface area (Å²) in [6.07, 6.45) is 7.12. The third-order valence-corrected chi connectivity index (χ3v) is 3.37. The second-order valence-electron chi connectivity index (χ2n) is 4.82. The van der Waals surface area contributed by atoms with Gasteiger partial charge in [0.15, 0.2) is 0 Å². The van der Waals surface area contributed by atoms with Crippen molar-refractivity contribution in [1.29, 1.82) is 0 Å². The molecule has 0 bridgehead atoms. The molecule has 3 nitrogen and oxygen atoms in total. The summed E-state index contributed by atoms with van der Waals surface area (Å²) in [5, 5.41) is 7.97. The summed E-state index contributed by atoms with van der Waals surface area (Å²) in [5.41, 5.74) is 1.32. The van der Waals surface area contributed by atoms with Crippen molar-refractivity contribution >= 4 is 0 Å². The molecule has 0 aromatic carbocycles. The van der Waals surface area contributed by atoms with Gasteiger partial charge in [-0.1, -0.05) is 20.3 Å². The van der Waals surface area contributed by atoms with Crippen molar-refractivity contribution in [3.05, 3.63) is 18.0 Å². The smallest absolute Gasteiger partial charge is 0.0522 e. The van der Waals surface area contributed by atoms with Gasteiger partial charge in [-0.05, 0) is 31.2 Å². The zero-order valence-electron chi connectivity index (χ0n) is 10.4. The molecule has 1 heterocycles. The van der Waals surface area contributed by atoms with E-state index in [4.69, 9.17) is 0 Å². The van der Waals surface area contributed by atoms with Gasteiger partial charge < -0.3 is 5.32 Å². The molecule has 1 saturated carbocycles. The lowest BCUT2D eigenvalue weighted by molar-refractivity contribution is 0.535. The highest BCUT2D eigenvalue weighted by atomic mass is 15.3. The minimum absolute atomic E-state index is 0.768. The lowest BCUT2D eigenvalue weighted by Gasteiger charge is -2.07. The zero-order valence-corrected chi connectivity index (χ0v) is 10.4. The van der Waals surface area contributed by atoms with Crippen LogP contribution < -0.4 is 5.32 Å². The van der Waals surface area contributed by atoms with E-state index in [-0.39, 0.29) is 0 Å². The molecule has 90 valence electrons. The maximum absolute atomic E-state index is 4.34. The predicted molar refractivity (Wildman–Crippen MR) is 66.2 cm³/mol. The molecule has 1 aromatic heterocycles. The number of hydrogen-bond donors (Lipinski definition) is 1. The highest BCUT2D eigenvalue weighted by Gasteiger charge is 2.35. The van der Waals surface area contributed by atoms with Crippen LogP contribution >= 0.6 is 0 Å². The van der Waals surface area contributed by atoms with E-state index < -0.39 is 0 Å². The predicted octanol–water partition coefficient (Wildman–Crippen LogP) is 2.57. The summed E-state index contributed by atoms with van der Waals surface area (Å²) in [7, 11) is 0. The Morgan fingerprint density at radius 3 is 3.06 bits per heavy atom. The van der Waals surface area contributed by atoms with Crippen LogP contribution in [0.1, 0.15) is 45.2 Å². The summed E-state index contributed by atoms with van der Waals surface area (Å²) in [5.74, 6) is 0.938. The Kier molecular flexibility index (Phi) is 3.99. The van der Waals surface area contributed by atoms with E-state index in [1.54, 1.807) is 0 Å². The van der Waals surface area contributed by atoms with Gasteiger partial charge in [-0.25, -0.2) is 0 Å². The SMILES string of the molecule is CCCC1CC1NCc1ccnn1CCC. The Hall–Kier alpha value is -0.830. The number of nitrogens with one attached hydrogen (secondary N) is 1. The molecule has 0 amide bonds. The summed E-state index contributed by atoms with van der Waals surface area (Å²) in [4.78, 5) is 0. The Morgan fingerprint density at radius 2 is 2.31 bits per heavy atom. The molecule has 2 unspecified atom stereocenters. The quantitative estimate of drug-likeness (QED) is 0.767. The van der Waals surface area contributed by atoms with Gasteiger partial charge in [0, 0.05) is 25.3 Å². The molecule has 1 fully saturated rings. The molecule has 0 spiro atoms. The van der Waals surface area contributed by atoms with Gasteiger partial charge in [-0.2, -0.15) is 5.10 Å². The van der Waals surface area contributed by atoms with Gasteiger partial charge in [0.05, 0.1) is 5.69 Å². The average molecular weight is 221 g/mol. The molecule has 1 N–H and O–H groups in total. The third-order valence-electron chi connectivity index (χ3n) is 3.37. The number of aryl methyl sites for hydroxylation is 1. The van der Waals surface area contributed by atoms with Crippen molar-refractivity contribution in [3.63, 3.8) is 0 Å². The van der Waals surface area contributed by atoms with Gasteiger partial charge in [-0.15, -0.1) is 0 Å². The maximum Gasteiger partial charge on any atom is 0.0522 e. The van der Waals surface area contributed by atoms with Crippen LogP contribution in [-0.4, -0.2) is 15.8 Å². The summed E-state index contributed by atoms with van der Waals surface area (Å²) in [6.45, 7) is 6.47. The zero-order chi connectivity index (χ0) is 11.4. The van der Waals surface area contributed by atoms with Crippen LogP contribution in [-0.2, 0) is 13.1 Å². The summed E-state index contributed by atoms with van der Waals surface area (Å²) < 4.78 is 2.12. The molecule has 0 radical (unpaired) electrons. The summed E-state index contributed by atoms with van der Waals surface area (Å²) >= 11 is 0. The van der Waals surface area contributed by atoms with E-state index in [0.29, 0.717) is 0 Å². The fraction of sp³-hybridized carbons (Fsp3) is 0.769. The van der Waals surface area contributed by atoms with E-state index in [9.17, 15) is 0 Å². The van der Waals surface area contributed by atoms with Crippen molar-refractivity contribution in [2.24, 2.45) is 5.92 Å². The van der Waals surface area contributed by atoms with Crippen LogP contribution in [0.25, 0.3) is 0 Å². The minimum Gasteiger partial charge on any atom is -0.308 e.